The van der Waals surface area contributed by atoms with E-state index in [1.165, 1.54) is 12.1 Å². The van der Waals surface area contributed by atoms with Crippen molar-refractivity contribution in [3.05, 3.63) is 66.1 Å². The van der Waals surface area contributed by atoms with Crippen LogP contribution < -0.4 is 5.32 Å². The van der Waals surface area contributed by atoms with Gasteiger partial charge in [-0.05, 0) is 41.8 Å². The molecule has 0 atom stereocenters. The van der Waals surface area contributed by atoms with Crippen molar-refractivity contribution in [1.29, 1.82) is 0 Å². The average Bonchev–Trinajstić information content (AvgIpc) is 2.72. The predicted molar refractivity (Wildman–Crippen MR) is 120 cm³/mol. The Bertz CT molecular complexity index is 1000. The highest BCUT2D eigenvalue weighted by Crippen LogP contribution is 2.30. The lowest BCUT2D eigenvalue weighted by molar-refractivity contribution is -0.118. The van der Waals surface area contributed by atoms with E-state index in [1.807, 2.05) is 36.4 Å². The van der Waals surface area contributed by atoms with E-state index in [0.717, 1.165) is 34.5 Å². The number of aromatic nitrogens is 1. The summed E-state index contributed by atoms with van der Waals surface area (Å²) in [5, 5.41) is 3.95. The van der Waals surface area contributed by atoms with Gasteiger partial charge in [0.2, 0.25) is 5.91 Å². The quantitative estimate of drug-likeness (QED) is 0.414. The van der Waals surface area contributed by atoms with Crippen molar-refractivity contribution in [2.45, 2.75) is 50.7 Å². The molecule has 0 radical (unpaired) electrons. The molecule has 0 spiro atoms. The minimum atomic E-state index is -0.277. The van der Waals surface area contributed by atoms with Crippen LogP contribution in [0.25, 0.3) is 10.9 Å². The maximum atomic E-state index is 13.4. The molecule has 1 amide bonds. The van der Waals surface area contributed by atoms with Gasteiger partial charge in [-0.25, -0.2) is 4.39 Å². The molecule has 0 saturated heterocycles. The highest BCUT2D eigenvalue weighted by molar-refractivity contribution is 7.98. The van der Waals surface area contributed by atoms with Crippen molar-refractivity contribution in [1.82, 2.24) is 4.98 Å². The van der Waals surface area contributed by atoms with Crippen LogP contribution in [0.5, 0.6) is 0 Å². The van der Waals surface area contributed by atoms with E-state index in [9.17, 15) is 9.18 Å². The number of pyridine rings is 1. The smallest absolute Gasteiger partial charge is 0.224 e. The number of benzene rings is 2. The number of halogens is 1. The minimum Gasteiger partial charge on any atom is -0.326 e. The predicted octanol–water partition coefficient (Wildman–Crippen LogP) is 6.82. The molecular formula is C24H27FN2OS. The first-order valence-corrected chi connectivity index (χ1v) is 11.0. The maximum Gasteiger partial charge on any atom is 0.224 e. The van der Waals surface area contributed by atoms with Gasteiger partial charge in [0.25, 0.3) is 0 Å². The Balaban J connectivity index is 1.63. The van der Waals surface area contributed by atoms with Gasteiger partial charge in [0.05, 0.1) is 11.2 Å². The Labute approximate surface area is 176 Å². The Morgan fingerprint density at radius 3 is 2.62 bits per heavy atom. The summed E-state index contributed by atoms with van der Waals surface area (Å²) in [5.41, 5.74) is 2.41. The van der Waals surface area contributed by atoms with Gasteiger partial charge in [0.1, 0.15) is 5.82 Å². The Kier molecular flexibility index (Phi) is 6.91. The number of thioether (sulfide) groups is 1. The molecule has 1 N–H and O–H groups in total. The first-order chi connectivity index (χ1) is 13.9. The summed E-state index contributed by atoms with van der Waals surface area (Å²) in [6.07, 6.45) is 2.49. The van der Waals surface area contributed by atoms with Gasteiger partial charge in [-0.1, -0.05) is 45.7 Å². The van der Waals surface area contributed by atoms with Gasteiger partial charge in [0.15, 0.2) is 0 Å². The third kappa shape index (κ3) is 5.80. The molecule has 0 aliphatic rings. The van der Waals surface area contributed by atoms with Crippen LogP contribution in [0.4, 0.5) is 10.1 Å². The number of hydrogen-bond donors (Lipinski definition) is 1. The molecule has 0 aliphatic carbocycles. The molecule has 0 aliphatic heterocycles. The number of nitrogens with zero attached hydrogens (tertiary/aromatic N) is 1. The van der Waals surface area contributed by atoms with E-state index in [-0.39, 0.29) is 17.1 Å². The molecule has 1 aromatic heterocycles. The molecule has 152 valence electrons. The zero-order chi connectivity index (χ0) is 20.9. The van der Waals surface area contributed by atoms with Gasteiger partial charge in [-0.2, -0.15) is 0 Å². The van der Waals surface area contributed by atoms with Crippen LogP contribution in [0, 0.1) is 11.2 Å². The number of amides is 1. The van der Waals surface area contributed by atoms with Crippen LogP contribution >= 0.6 is 11.8 Å². The van der Waals surface area contributed by atoms with Gasteiger partial charge >= 0.3 is 0 Å². The van der Waals surface area contributed by atoms with Crippen molar-refractivity contribution in [3.63, 3.8) is 0 Å². The highest BCUT2D eigenvalue weighted by Gasteiger charge is 2.23. The lowest BCUT2D eigenvalue weighted by atomic mass is 9.81. The second kappa shape index (κ2) is 9.40. The second-order valence-corrected chi connectivity index (χ2v) is 8.75. The van der Waals surface area contributed by atoms with Crippen LogP contribution in [-0.4, -0.2) is 10.9 Å². The summed E-state index contributed by atoms with van der Waals surface area (Å²) in [5.74, 6) is 0.449. The Morgan fingerprint density at radius 2 is 1.86 bits per heavy atom. The molecule has 0 saturated carbocycles. The number of fused-ring (bicyclic) bond motifs is 1. The van der Waals surface area contributed by atoms with Gasteiger partial charge in [-0.3, -0.25) is 9.78 Å². The molecule has 3 aromatic rings. The topological polar surface area (TPSA) is 42.0 Å². The van der Waals surface area contributed by atoms with Crippen molar-refractivity contribution in [2.75, 3.05) is 5.32 Å². The van der Waals surface area contributed by atoms with Crippen molar-refractivity contribution < 1.29 is 9.18 Å². The summed E-state index contributed by atoms with van der Waals surface area (Å²) in [4.78, 5) is 18.0. The standard InChI is InChI=1S/C24H27FN2OS/c1-4-24(3,5-2)15-23(28)27-19-7-6-8-21(14-19)29-16-20-12-10-17-9-11-18(25)13-22(17)26-20/h6-14H,4-5,15-16H2,1-3H3,(H,27,28). The van der Waals surface area contributed by atoms with Crippen LogP contribution in [0.15, 0.2) is 59.5 Å². The molecule has 29 heavy (non-hydrogen) atoms. The first kappa shape index (κ1) is 21.3. The third-order valence-corrected chi connectivity index (χ3v) is 6.54. The third-order valence-electron chi connectivity index (χ3n) is 5.51. The fourth-order valence-corrected chi connectivity index (χ4v) is 3.99. The molecule has 2 aromatic carbocycles. The molecule has 3 rings (SSSR count). The molecule has 0 bridgehead atoms. The normalized spacial score (nSPS) is 11.6. The van der Waals surface area contributed by atoms with Crippen molar-refractivity contribution >= 4 is 34.3 Å². The fraction of sp³-hybridized carbons (Fsp3) is 0.333. The fourth-order valence-electron chi connectivity index (χ4n) is 3.13. The lowest BCUT2D eigenvalue weighted by Gasteiger charge is -2.25. The molecule has 0 unspecified atom stereocenters. The van der Waals surface area contributed by atoms with E-state index in [2.05, 4.69) is 31.1 Å². The summed E-state index contributed by atoms with van der Waals surface area (Å²) in [6.45, 7) is 6.41. The number of nitrogens with one attached hydrogen (secondary N) is 1. The maximum absolute atomic E-state index is 13.4. The monoisotopic (exact) mass is 410 g/mol. The summed E-state index contributed by atoms with van der Waals surface area (Å²) >= 11 is 1.64. The molecule has 5 heteroatoms. The number of carbonyl (C=O) groups excluding carboxylic acids is 1. The summed E-state index contributed by atoms with van der Waals surface area (Å²) < 4.78 is 13.4. The highest BCUT2D eigenvalue weighted by atomic mass is 32.2. The van der Waals surface area contributed by atoms with E-state index in [0.29, 0.717) is 17.7 Å². The van der Waals surface area contributed by atoms with Crippen LogP contribution in [0.1, 0.15) is 45.7 Å². The zero-order valence-corrected chi connectivity index (χ0v) is 18.0. The van der Waals surface area contributed by atoms with Crippen LogP contribution in [0.3, 0.4) is 0 Å². The number of hydrogen-bond acceptors (Lipinski definition) is 3. The number of carbonyl (C=O) groups is 1. The van der Waals surface area contributed by atoms with Crippen molar-refractivity contribution in [3.8, 4) is 0 Å². The van der Waals surface area contributed by atoms with Crippen LogP contribution in [-0.2, 0) is 10.5 Å². The first-order valence-electron chi connectivity index (χ1n) is 9.99. The number of anilines is 1. The van der Waals surface area contributed by atoms with Gasteiger partial charge in [-0.15, -0.1) is 11.8 Å². The molecule has 3 nitrogen and oxygen atoms in total. The minimum absolute atomic E-state index is 0.0394. The van der Waals surface area contributed by atoms with E-state index in [1.54, 1.807) is 17.8 Å². The molecule has 1 heterocycles. The van der Waals surface area contributed by atoms with E-state index >= 15 is 0 Å². The molecule has 0 fully saturated rings. The van der Waals surface area contributed by atoms with Gasteiger partial charge < -0.3 is 5.32 Å². The van der Waals surface area contributed by atoms with E-state index < -0.39 is 0 Å². The lowest BCUT2D eigenvalue weighted by Crippen LogP contribution is -2.23. The van der Waals surface area contributed by atoms with Gasteiger partial charge in [0, 0.05) is 34.2 Å². The Morgan fingerprint density at radius 1 is 1.10 bits per heavy atom. The van der Waals surface area contributed by atoms with Crippen LogP contribution in [0.2, 0.25) is 0 Å². The van der Waals surface area contributed by atoms with E-state index in [4.69, 9.17) is 0 Å². The summed E-state index contributed by atoms with van der Waals surface area (Å²) in [7, 11) is 0. The Hall–Kier alpha value is -2.40. The number of rotatable bonds is 8. The SMILES string of the molecule is CCC(C)(CC)CC(=O)Nc1cccc(SCc2ccc3ccc(F)cc3n2)c1. The molecular weight excluding hydrogens is 383 g/mol. The zero-order valence-electron chi connectivity index (χ0n) is 17.2. The summed E-state index contributed by atoms with van der Waals surface area (Å²) in [6, 6.07) is 16.4. The average molecular weight is 411 g/mol. The second-order valence-electron chi connectivity index (χ2n) is 7.70. The van der Waals surface area contributed by atoms with Crippen molar-refractivity contribution in [2.24, 2.45) is 5.41 Å². The largest absolute Gasteiger partial charge is 0.326 e.